The summed E-state index contributed by atoms with van der Waals surface area (Å²) in [5.74, 6) is -1.48. The lowest BCUT2D eigenvalue weighted by molar-refractivity contribution is -0.121. The highest BCUT2D eigenvalue weighted by Crippen LogP contribution is 2.39. The summed E-state index contributed by atoms with van der Waals surface area (Å²) in [7, 11) is 0. The Kier molecular flexibility index (Phi) is 7.43. The van der Waals surface area contributed by atoms with E-state index in [1.165, 1.54) is 0 Å². The predicted octanol–water partition coefficient (Wildman–Crippen LogP) is 2.57. The number of H-pyrrole nitrogens is 1. The molecule has 0 saturated heterocycles. The van der Waals surface area contributed by atoms with Crippen molar-refractivity contribution in [3.05, 3.63) is 81.3 Å². The van der Waals surface area contributed by atoms with Crippen molar-refractivity contribution in [2.24, 2.45) is 0 Å². The Morgan fingerprint density at radius 2 is 1.86 bits per heavy atom. The predicted molar refractivity (Wildman–Crippen MR) is 129 cm³/mol. The minimum atomic E-state index is -0.897. The van der Waals surface area contributed by atoms with E-state index in [9.17, 15) is 24.6 Å². The number of aromatic nitrogens is 1. The van der Waals surface area contributed by atoms with Gasteiger partial charge in [-0.3, -0.25) is 9.59 Å². The first kappa shape index (κ1) is 24.6. The Morgan fingerprint density at radius 1 is 1.11 bits per heavy atom. The van der Waals surface area contributed by atoms with Crippen LogP contribution in [0.5, 0.6) is 23.0 Å². The minimum absolute atomic E-state index is 0.0470. The van der Waals surface area contributed by atoms with Crippen LogP contribution < -0.4 is 20.3 Å². The number of amides is 1. The quantitative estimate of drug-likeness (QED) is 0.332. The topological polar surface area (TPSA) is 147 Å². The number of carbonyl (C=O) groups is 2. The number of pyridine rings is 1. The SMILES string of the molecule is CCOC(=O)c1c[nH]c(=O)c([C@H](CC(=O)NCCc2ccc(O)cc2)c2ccc3c(c2)OCO3)c1O. The molecule has 4 rings (SSSR count). The number of hydrogen-bond donors (Lipinski definition) is 4. The Bertz CT molecular complexity index is 1320. The fourth-order valence-electron chi connectivity index (χ4n) is 4.01. The third-order valence-corrected chi connectivity index (χ3v) is 5.81. The third-order valence-electron chi connectivity index (χ3n) is 5.81. The van der Waals surface area contributed by atoms with Crippen molar-refractivity contribution in [2.75, 3.05) is 19.9 Å². The van der Waals surface area contributed by atoms with Crippen LogP contribution in [-0.4, -0.2) is 47.0 Å². The molecule has 0 bridgehead atoms. The molecule has 1 aromatic heterocycles. The van der Waals surface area contributed by atoms with Crippen LogP contribution in [0.1, 0.15) is 46.3 Å². The molecule has 0 spiro atoms. The van der Waals surface area contributed by atoms with Gasteiger partial charge in [-0.2, -0.15) is 0 Å². The van der Waals surface area contributed by atoms with Crippen molar-refractivity contribution in [3.63, 3.8) is 0 Å². The van der Waals surface area contributed by atoms with Crippen LogP contribution in [0.3, 0.4) is 0 Å². The van der Waals surface area contributed by atoms with Crippen molar-refractivity contribution < 1.29 is 34.0 Å². The fourth-order valence-corrected chi connectivity index (χ4v) is 4.01. The average molecular weight is 495 g/mol. The third kappa shape index (κ3) is 5.43. The molecular weight excluding hydrogens is 468 g/mol. The molecular formula is C26H26N2O8. The van der Waals surface area contributed by atoms with E-state index in [1.807, 2.05) is 0 Å². The molecule has 1 aliphatic heterocycles. The molecule has 2 heterocycles. The average Bonchev–Trinajstić information content (AvgIpc) is 3.33. The number of esters is 1. The number of carbonyl (C=O) groups excluding carboxylic acids is 2. The van der Waals surface area contributed by atoms with Crippen LogP contribution in [0.2, 0.25) is 0 Å². The Morgan fingerprint density at radius 3 is 2.61 bits per heavy atom. The molecule has 4 N–H and O–H groups in total. The summed E-state index contributed by atoms with van der Waals surface area (Å²) in [6.45, 7) is 2.08. The Labute approximate surface area is 206 Å². The van der Waals surface area contributed by atoms with Crippen molar-refractivity contribution in [1.82, 2.24) is 10.3 Å². The van der Waals surface area contributed by atoms with Crippen molar-refractivity contribution in [3.8, 4) is 23.0 Å². The molecule has 1 amide bonds. The zero-order valence-corrected chi connectivity index (χ0v) is 19.6. The normalized spacial score (nSPS) is 12.7. The summed E-state index contributed by atoms with van der Waals surface area (Å²) < 4.78 is 15.8. The number of nitrogens with one attached hydrogen (secondary N) is 2. The van der Waals surface area contributed by atoms with E-state index < -0.39 is 23.2 Å². The number of phenolic OH excluding ortho intramolecular Hbond substituents is 1. The van der Waals surface area contributed by atoms with Gasteiger partial charge in [0.15, 0.2) is 11.5 Å². The monoisotopic (exact) mass is 494 g/mol. The number of ether oxygens (including phenoxy) is 3. The fraction of sp³-hybridized carbons (Fsp3) is 0.269. The zero-order chi connectivity index (χ0) is 25.7. The van der Waals surface area contributed by atoms with Crippen molar-refractivity contribution in [1.29, 1.82) is 0 Å². The molecule has 36 heavy (non-hydrogen) atoms. The lowest BCUT2D eigenvalue weighted by Gasteiger charge is -2.19. The first-order valence-electron chi connectivity index (χ1n) is 11.4. The van der Waals surface area contributed by atoms with Gasteiger partial charge < -0.3 is 34.7 Å². The summed E-state index contributed by atoms with van der Waals surface area (Å²) in [5.41, 5.74) is 0.476. The molecule has 1 atom stereocenters. The molecule has 0 fully saturated rings. The van der Waals surface area contributed by atoms with Gasteiger partial charge in [-0.1, -0.05) is 18.2 Å². The Balaban J connectivity index is 1.62. The van der Waals surface area contributed by atoms with Crippen LogP contribution in [-0.2, 0) is 16.0 Å². The van der Waals surface area contributed by atoms with Gasteiger partial charge in [0.1, 0.15) is 17.1 Å². The van der Waals surface area contributed by atoms with E-state index in [2.05, 4.69) is 10.3 Å². The van der Waals surface area contributed by atoms with E-state index in [0.29, 0.717) is 30.0 Å². The van der Waals surface area contributed by atoms with E-state index >= 15 is 0 Å². The summed E-state index contributed by atoms with van der Waals surface area (Å²) in [6, 6.07) is 11.6. The number of hydrogen-bond acceptors (Lipinski definition) is 8. The molecule has 2 aromatic carbocycles. The lowest BCUT2D eigenvalue weighted by atomic mass is 9.87. The smallest absolute Gasteiger partial charge is 0.343 e. The van der Waals surface area contributed by atoms with Gasteiger partial charge in [-0.25, -0.2) is 4.79 Å². The van der Waals surface area contributed by atoms with E-state index in [4.69, 9.17) is 14.2 Å². The van der Waals surface area contributed by atoms with Gasteiger partial charge in [0, 0.05) is 25.1 Å². The molecule has 10 nitrogen and oxygen atoms in total. The minimum Gasteiger partial charge on any atom is -0.508 e. The van der Waals surface area contributed by atoms with Gasteiger partial charge in [0.05, 0.1) is 12.2 Å². The maximum absolute atomic E-state index is 12.9. The van der Waals surface area contributed by atoms with Gasteiger partial charge >= 0.3 is 5.97 Å². The molecule has 0 unspecified atom stereocenters. The first-order valence-corrected chi connectivity index (χ1v) is 11.4. The Hall–Kier alpha value is -4.47. The van der Waals surface area contributed by atoms with Gasteiger partial charge in [-0.05, 0) is 48.7 Å². The summed E-state index contributed by atoms with van der Waals surface area (Å²) in [5, 5.41) is 23.2. The van der Waals surface area contributed by atoms with Crippen molar-refractivity contribution >= 4 is 11.9 Å². The molecule has 3 aromatic rings. The number of benzene rings is 2. The summed E-state index contributed by atoms with van der Waals surface area (Å²) >= 11 is 0. The van der Waals surface area contributed by atoms with Gasteiger partial charge in [0.25, 0.3) is 5.56 Å². The highest BCUT2D eigenvalue weighted by atomic mass is 16.7. The van der Waals surface area contributed by atoms with Crippen LogP contribution >= 0.6 is 0 Å². The second-order valence-corrected chi connectivity index (χ2v) is 8.15. The summed E-state index contributed by atoms with van der Waals surface area (Å²) in [6.07, 6.45) is 1.44. The van der Waals surface area contributed by atoms with E-state index in [-0.39, 0.29) is 42.6 Å². The molecule has 0 aliphatic carbocycles. The second-order valence-electron chi connectivity index (χ2n) is 8.15. The number of aromatic amines is 1. The molecule has 1 aliphatic rings. The van der Waals surface area contributed by atoms with Gasteiger partial charge in [-0.15, -0.1) is 0 Å². The zero-order valence-electron chi connectivity index (χ0n) is 19.6. The van der Waals surface area contributed by atoms with Crippen LogP contribution in [0.25, 0.3) is 0 Å². The molecule has 188 valence electrons. The number of aromatic hydroxyl groups is 2. The van der Waals surface area contributed by atoms with Gasteiger partial charge in [0.2, 0.25) is 12.7 Å². The standard InChI is InChI=1S/C26H26N2O8/c1-2-34-26(33)19-13-28-25(32)23(24(19)31)18(16-5-8-20-21(11-16)36-14-35-20)12-22(30)27-10-9-15-3-6-17(29)7-4-15/h3-8,11,13,18,29H,2,9-10,12,14H2,1H3,(H,27,30)(H2,28,31,32)/t18-/m1/s1. The van der Waals surface area contributed by atoms with Crippen LogP contribution in [0.4, 0.5) is 0 Å². The number of phenols is 1. The molecule has 10 heteroatoms. The van der Waals surface area contributed by atoms with E-state index in [1.54, 1.807) is 49.4 Å². The maximum atomic E-state index is 12.9. The second kappa shape index (κ2) is 10.9. The highest BCUT2D eigenvalue weighted by Gasteiger charge is 2.29. The molecule has 0 saturated carbocycles. The highest BCUT2D eigenvalue weighted by molar-refractivity contribution is 5.92. The van der Waals surface area contributed by atoms with Crippen LogP contribution in [0.15, 0.2) is 53.5 Å². The molecule has 0 radical (unpaired) electrons. The summed E-state index contributed by atoms with van der Waals surface area (Å²) in [4.78, 5) is 40.6. The number of rotatable bonds is 9. The maximum Gasteiger partial charge on any atom is 0.343 e. The van der Waals surface area contributed by atoms with Crippen LogP contribution in [0, 0.1) is 0 Å². The lowest BCUT2D eigenvalue weighted by Crippen LogP contribution is -2.29. The largest absolute Gasteiger partial charge is 0.508 e. The van der Waals surface area contributed by atoms with E-state index in [0.717, 1.165) is 11.8 Å². The number of fused-ring (bicyclic) bond motifs is 1. The first-order chi connectivity index (χ1) is 17.4. The van der Waals surface area contributed by atoms with Crippen molar-refractivity contribution in [2.45, 2.75) is 25.7 Å².